The van der Waals surface area contributed by atoms with Gasteiger partial charge in [-0.15, -0.1) is 0 Å². The van der Waals surface area contributed by atoms with Crippen molar-refractivity contribution in [1.29, 1.82) is 5.26 Å². The Labute approximate surface area is 151 Å². The van der Waals surface area contributed by atoms with Crippen molar-refractivity contribution in [3.63, 3.8) is 0 Å². The van der Waals surface area contributed by atoms with Gasteiger partial charge in [0, 0.05) is 33.4 Å². The average Bonchev–Trinajstić information content (AvgIpc) is 3.11. The van der Waals surface area contributed by atoms with Crippen LogP contribution in [0, 0.1) is 16.7 Å². The van der Waals surface area contributed by atoms with Crippen LogP contribution in [0.2, 0.25) is 0 Å². The molecule has 0 atom stereocenters. The highest BCUT2D eigenvalue weighted by Crippen LogP contribution is 2.40. The smallest absolute Gasteiger partial charge is 0.191 e. The van der Waals surface area contributed by atoms with Gasteiger partial charge in [-0.3, -0.25) is 4.99 Å². The van der Waals surface area contributed by atoms with Crippen LogP contribution in [0.25, 0.3) is 0 Å². The van der Waals surface area contributed by atoms with E-state index in [1.54, 1.807) is 7.05 Å². The van der Waals surface area contributed by atoms with Gasteiger partial charge in [0.1, 0.15) is 0 Å². The van der Waals surface area contributed by atoms with Gasteiger partial charge in [0.15, 0.2) is 5.96 Å². The first kappa shape index (κ1) is 19.3. The second kappa shape index (κ2) is 10.0. The van der Waals surface area contributed by atoms with Gasteiger partial charge in [-0.2, -0.15) is 5.26 Å². The largest absolute Gasteiger partial charge is 0.382 e. The van der Waals surface area contributed by atoms with Gasteiger partial charge in [0.2, 0.25) is 0 Å². The molecule has 0 bridgehead atoms. The van der Waals surface area contributed by atoms with Crippen LogP contribution in [0.4, 0.5) is 0 Å². The summed E-state index contributed by atoms with van der Waals surface area (Å²) in [5.41, 5.74) is 2.15. The number of hydrogen-bond acceptors (Lipinski definition) is 3. The molecule has 0 radical (unpaired) electrons. The van der Waals surface area contributed by atoms with Crippen molar-refractivity contribution in [3.05, 3.63) is 35.4 Å². The van der Waals surface area contributed by atoms with Crippen molar-refractivity contribution in [2.24, 2.45) is 10.4 Å². The first-order valence-corrected chi connectivity index (χ1v) is 9.23. The lowest BCUT2D eigenvalue weighted by Crippen LogP contribution is -2.43. The topological polar surface area (TPSA) is 69.4 Å². The van der Waals surface area contributed by atoms with E-state index in [-0.39, 0.29) is 0 Å². The molecule has 0 amide bonds. The van der Waals surface area contributed by atoms with Gasteiger partial charge in [-0.05, 0) is 49.3 Å². The van der Waals surface area contributed by atoms with E-state index in [0.717, 1.165) is 37.7 Å². The van der Waals surface area contributed by atoms with E-state index in [9.17, 15) is 0 Å². The third kappa shape index (κ3) is 6.06. The number of nitrogens with one attached hydrogen (secondary N) is 2. The van der Waals surface area contributed by atoms with E-state index in [1.807, 2.05) is 24.3 Å². The summed E-state index contributed by atoms with van der Waals surface area (Å²) in [5, 5.41) is 15.7. The van der Waals surface area contributed by atoms with Crippen molar-refractivity contribution in [1.82, 2.24) is 10.6 Å². The Balaban J connectivity index is 1.82. The third-order valence-electron chi connectivity index (χ3n) is 5.04. The summed E-state index contributed by atoms with van der Waals surface area (Å²) in [6.45, 7) is 5.31. The Morgan fingerprint density at radius 2 is 1.96 bits per heavy atom. The molecule has 2 rings (SSSR count). The van der Waals surface area contributed by atoms with Crippen LogP contribution in [0.1, 0.15) is 50.2 Å². The Hall–Kier alpha value is -2.06. The number of nitrogens with zero attached hydrogens (tertiary/aromatic N) is 2. The summed E-state index contributed by atoms with van der Waals surface area (Å²) >= 11 is 0. The SMILES string of the molecule is CCOCCC1(CNC(=NC)NCc2ccc(C#N)cc2)CCCC1. The summed E-state index contributed by atoms with van der Waals surface area (Å²) < 4.78 is 5.58. The molecule has 5 nitrogen and oxygen atoms in total. The molecule has 1 aromatic rings. The van der Waals surface area contributed by atoms with Crippen LogP contribution in [-0.4, -0.2) is 32.8 Å². The highest BCUT2D eigenvalue weighted by atomic mass is 16.5. The molecule has 5 heteroatoms. The van der Waals surface area contributed by atoms with Crippen LogP contribution in [0.5, 0.6) is 0 Å². The summed E-state index contributed by atoms with van der Waals surface area (Å²) in [7, 11) is 1.80. The van der Waals surface area contributed by atoms with Crippen LogP contribution < -0.4 is 10.6 Å². The lowest BCUT2D eigenvalue weighted by atomic mass is 9.83. The van der Waals surface area contributed by atoms with Gasteiger partial charge in [0.05, 0.1) is 11.6 Å². The first-order chi connectivity index (χ1) is 12.2. The zero-order valence-electron chi connectivity index (χ0n) is 15.5. The molecule has 1 aliphatic rings. The minimum absolute atomic E-state index is 0.335. The zero-order chi connectivity index (χ0) is 18.0. The van der Waals surface area contributed by atoms with Crippen molar-refractivity contribution < 1.29 is 4.74 Å². The first-order valence-electron chi connectivity index (χ1n) is 9.23. The average molecular weight is 342 g/mol. The molecule has 2 N–H and O–H groups in total. The van der Waals surface area contributed by atoms with Gasteiger partial charge in [-0.1, -0.05) is 25.0 Å². The second-order valence-electron chi connectivity index (χ2n) is 6.74. The molecule has 0 saturated heterocycles. The highest BCUT2D eigenvalue weighted by Gasteiger charge is 2.33. The molecule has 0 aromatic heterocycles. The quantitative estimate of drug-likeness (QED) is 0.432. The fraction of sp³-hybridized carbons (Fsp3) is 0.600. The Kier molecular flexibility index (Phi) is 7.75. The van der Waals surface area contributed by atoms with Crippen LogP contribution in [0.15, 0.2) is 29.3 Å². The van der Waals surface area contributed by atoms with Crippen LogP contribution >= 0.6 is 0 Å². The maximum atomic E-state index is 8.86. The molecule has 1 fully saturated rings. The summed E-state index contributed by atoms with van der Waals surface area (Å²) in [4.78, 5) is 4.34. The monoisotopic (exact) mass is 342 g/mol. The molecule has 1 aliphatic carbocycles. The van der Waals surface area contributed by atoms with Crippen molar-refractivity contribution in [2.75, 3.05) is 26.8 Å². The zero-order valence-corrected chi connectivity index (χ0v) is 15.5. The van der Waals surface area contributed by atoms with E-state index in [1.165, 1.54) is 25.7 Å². The second-order valence-corrected chi connectivity index (χ2v) is 6.74. The van der Waals surface area contributed by atoms with E-state index in [2.05, 4.69) is 28.6 Å². The van der Waals surface area contributed by atoms with Gasteiger partial charge < -0.3 is 15.4 Å². The Bertz CT molecular complexity index is 583. The van der Waals surface area contributed by atoms with E-state index in [0.29, 0.717) is 17.5 Å². The van der Waals surface area contributed by atoms with Crippen LogP contribution in [0.3, 0.4) is 0 Å². The number of aliphatic imine (C=N–C) groups is 1. The lowest BCUT2D eigenvalue weighted by Gasteiger charge is -2.30. The number of hydrogen-bond donors (Lipinski definition) is 2. The summed E-state index contributed by atoms with van der Waals surface area (Å²) in [5.74, 6) is 0.826. The van der Waals surface area contributed by atoms with E-state index < -0.39 is 0 Å². The Morgan fingerprint density at radius 1 is 1.24 bits per heavy atom. The highest BCUT2D eigenvalue weighted by molar-refractivity contribution is 5.79. The molecule has 136 valence electrons. The number of ether oxygens (including phenoxy) is 1. The normalized spacial score (nSPS) is 16.4. The van der Waals surface area contributed by atoms with Crippen molar-refractivity contribution in [2.45, 2.75) is 45.6 Å². The van der Waals surface area contributed by atoms with Gasteiger partial charge in [-0.25, -0.2) is 0 Å². The molecular weight excluding hydrogens is 312 g/mol. The molecule has 0 spiro atoms. The number of nitriles is 1. The Morgan fingerprint density at radius 3 is 2.56 bits per heavy atom. The molecule has 1 aromatic carbocycles. The molecule has 1 saturated carbocycles. The predicted octanol–water partition coefficient (Wildman–Crippen LogP) is 3.21. The van der Waals surface area contributed by atoms with Crippen molar-refractivity contribution >= 4 is 5.96 Å². The fourth-order valence-electron chi connectivity index (χ4n) is 3.45. The molecule has 0 unspecified atom stereocenters. The van der Waals surface area contributed by atoms with Crippen molar-refractivity contribution in [3.8, 4) is 6.07 Å². The maximum Gasteiger partial charge on any atom is 0.191 e. The molecule has 25 heavy (non-hydrogen) atoms. The third-order valence-corrected chi connectivity index (χ3v) is 5.04. The number of benzene rings is 1. The van der Waals surface area contributed by atoms with Gasteiger partial charge in [0.25, 0.3) is 0 Å². The maximum absolute atomic E-state index is 8.86. The fourth-order valence-corrected chi connectivity index (χ4v) is 3.45. The van der Waals surface area contributed by atoms with Crippen LogP contribution in [-0.2, 0) is 11.3 Å². The summed E-state index contributed by atoms with van der Waals surface area (Å²) in [6.07, 6.45) is 6.26. The van der Waals surface area contributed by atoms with E-state index >= 15 is 0 Å². The summed E-state index contributed by atoms with van der Waals surface area (Å²) in [6, 6.07) is 9.77. The molecular formula is C20H30N4O. The van der Waals surface area contributed by atoms with E-state index in [4.69, 9.17) is 10.00 Å². The number of rotatable bonds is 8. The standard InChI is InChI=1S/C20H30N4O/c1-3-25-13-12-20(10-4-5-11-20)16-24-19(22-2)23-15-18-8-6-17(14-21)7-9-18/h6-9H,3-5,10-13,15-16H2,1-2H3,(H2,22,23,24). The molecule has 0 aliphatic heterocycles. The minimum Gasteiger partial charge on any atom is -0.382 e. The minimum atomic E-state index is 0.335. The molecule has 0 heterocycles. The van der Waals surface area contributed by atoms with Gasteiger partial charge >= 0.3 is 0 Å². The predicted molar refractivity (Wildman–Crippen MR) is 101 cm³/mol. The number of guanidine groups is 1. The lowest BCUT2D eigenvalue weighted by molar-refractivity contribution is 0.105.